The van der Waals surface area contributed by atoms with Crippen LogP contribution in [-0.2, 0) is 9.53 Å². The zero-order valence-electron chi connectivity index (χ0n) is 13.8. The standard InChI is InChI=1S/C17H32N2O2/c1-3-4-5-6-7-8-9-10-11-12-13-14-17(19,15-18)16(20)21-2/h3-14,19H2,1-2H3. The molecule has 0 aliphatic carbocycles. The van der Waals surface area contributed by atoms with Crippen LogP contribution in [0.3, 0.4) is 0 Å². The fourth-order valence-corrected chi connectivity index (χ4v) is 2.45. The van der Waals surface area contributed by atoms with Crippen LogP contribution in [-0.4, -0.2) is 18.6 Å². The number of carbonyl (C=O) groups is 1. The highest BCUT2D eigenvalue weighted by molar-refractivity contribution is 5.83. The highest BCUT2D eigenvalue weighted by Gasteiger charge is 2.34. The lowest BCUT2D eigenvalue weighted by Gasteiger charge is -2.17. The molecule has 0 aromatic carbocycles. The lowest BCUT2D eigenvalue weighted by atomic mass is 9.94. The molecule has 0 aliphatic rings. The minimum Gasteiger partial charge on any atom is -0.467 e. The van der Waals surface area contributed by atoms with E-state index in [9.17, 15) is 4.79 Å². The second-order valence-electron chi connectivity index (χ2n) is 5.86. The Labute approximate surface area is 130 Å². The Morgan fingerprint density at radius 1 is 1.00 bits per heavy atom. The van der Waals surface area contributed by atoms with Crippen molar-refractivity contribution in [2.45, 2.75) is 89.5 Å². The Bertz CT molecular complexity index is 312. The first kappa shape index (κ1) is 19.9. The van der Waals surface area contributed by atoms with Crippen LogP contribution in [0.25, 0.3) is 0 Å². The molecular weight excluding hydrogens is 264 g/mol. The van der Waals surface area contributed by atoms with Crippen LogP contribution in [0, 0.1) is 11.3 Å². The monoisotopic (exact) mass is 296 g/mol. The minimum absolute atomic E-state index is 0.382. The van der Waals surface area contributed by atoms with Crippen LogP contribution in [0.4, 0.5) is 0 Å². The molecule has 0 fully saturated rings. The zero-order valence-corrected chi connectivity index (χ0v) is 13.8. The summed E-state index contributed by atoms with van der Waals surface area (Å²) in [5.74, 6) is -0.628. The van der Waals surface area contributed by atoms with Gasteiger partial charge in [-0.05, 0) is 12.8 Å². The number of hydrogen-bond donors (Lipinski definition) is 1. The van der Waals surface area contributed by atoms with Crippen molar-refractivity contribution in [2.75, 3.05) is 7.11 Å². The molecule has 0 saturated carbocycles. The maximum atomic E-state index is 11.4. The highest BCUT2D eigenvalue weighted by atomic mass is 16.5. The fraction of sp³-hybridized carbons (Fsp3) is 0.882. The SMILES string of the molecule is CCCCCCCCCCCCCC(N)(C#N)C(=O)OC. The smallest absolute Gasteiger partial charge is 0.340 e. The third kappa shape index (κ3) is 9.47. The molecule has 2 N–H and O–H groups in total. The Morgan fingerprint density at radius 2 is 1.43 bits per heavy atom. The molecule has 0 heterocycles. The number of carbonyl (C=O) groups excluding carboxylic acids is 1. The molecule has 0 aliphatic heterocycles. The summed E-state index contributed by atoms with van der Waals surface area (Å²) in [6.45, 7) is 2.24. The molecule has 0 bridgehead atoms. The first-order valence-corrected chi connectivity index (χ1v) is 8.39. The Balaban J connectivity index is 3.48. The van der Waals surface area contributed by atoms with E-state index in [1.165, 1.54) is 58.5 Å². The van der Waals surface area contributed by atoms with Crippen LogP contribution < -0.4 is 5.73 Å². The van der Waals surface area contributed by atoms with E-state index in [4.69, 9.17) is 11.0 Å². The largest absolute Gasteiger partial charge is 0.467 e. The van der Waals surface area contributed by atoms with Gasteiger partial charge in [0.2, 0.25) is 5.54 Å². The van der Waals surface area contributed by atoms with Gasteiger partial charge < -0.3 is 10.5 Å². The number of esters is 1. The van der Waals surface area contributed by atoms with E-state index >= 15 is 0 Å². The summed E-state index contributed by atoms with van der Waals surface area (Å²) < 4.78 is 4.57. The highest BCUT2D eigenvalue weighted by Crippen LogP contribution is 2.16. The van der Waals surface area contributed by atoms with Crippen molar-refractivity contribution in [3.8, 4) is 6.07 Å². The second kappa shape index (κ2) is 12.6. The summed E-state index contributed by atoms with van der Waals surface area (Å²) in [6.07, 6.45) is 13.9. The van der Waals surface area contributed by atoms with Crippen LogP contribution in [0.5, 0.6) is 0 Å². The fourth-order valence-electron chi connectivity index (χ4n) is 2.45. The average molecular weight is 296 g/mol. The van der Waals surface area contributed by atoms with Crippen LogP contribution in [0.1, 0.15) is 84.0 Å². The second-order valence-corrected chi connectivity index (χ2v) is 5.86. The summed E-state index contributed by atoms with van der Waals surface area (Å²) in [7, 11) is 1.27. The van der Waals surface area contributed by atoms with Crippen molar-refractivity contribution in [1.29, 1.82) is 5.26 Å². The third-order valence-corrected chi connectivity index (χ3v) is 3.92. The first-order chi connectivity index (χ1) is 10.1. The molecule has 0 saturated heterocycles. The van der Waals surface area contributed by atoms with Crippen molar-refractivity contribution >= 4 is 5.97 Å². The number of unbranched alkanes of at least 4 members (excludes halogenated alkanes) is 10. The van der Waals surface area contributed by atoms with Gasteiger partial charge in [0.25, 0.3) is 0 Å². The molecule has 4 nitrogen and oxygen atoms in total. The maximum absolute atomic E-state index is 11.4. The van der Waals surface area contributed by atoms with Gasteiger partial charge in [0.15, 0.2) is 0 Å². The molecule has 0 aromatic heterocycles. The molecule has 4 heteroatoms. The molecule has 122 valence electrons. The number of hydrogen-bond acceptors (Lipinski definition) is 4. The number of methoxy groups -OCH3 is 1. The molecule has 0 amide bonds. The molecular formula is C17H32N2O2. The average Bonchev–Trinajstić information content (AvgIpc) is 2.51. The van der Waals surface area contributed by atoms with Crippen molar-refractivity contribution in [2.24, 2.45) is 5.73 Å². The number of ether oxygens (including phenoxy) is 1. The van der Waals surface area contributed by atoms with E-state index in [0.29, 0.717) is 6.42 Å². The summed E-state index contributed by atoms with van der Waals surface area (Å²) in [5, 5.41) is 8.97. The van der Waals surface area contributed by atoms with E-state index in [1.807, 2.05) is 6.07 Å². The number of nitrogens with two attached hydrogens (primary N) is 1. The van der Waals surface area contributed by atoms with Crippen LogP contribution in [0.15, 0.2) is 0 Å². The predicted octanol–water partition coefficient (Wildman–Crippen LogP) is 4.08. The predicted molar refractivity (Wildman–Crippen MR) is 85.6 cm³/mol. The maximum Gasteiger partial charge on any atom is 0.340 e. The number of rotatable bonds is 13. The molecule has 0 radical (unpaired) electrons. The molecule has 0 rings (SSSR count). The van der Waals surface area contributed by atoms with Gasteiger partial charge >= 0.3 is 5.97 Å². The minimum atomic E-state index is -1.46. The number of nitriles is 1. The van der Waals surface area contributed by atoms with E-state index in [1.54, 1.807) is 0 Å². The third-order valence-electron chi connectivity index (χ3n) is 3.92. The van der Waals surface area contributed by atoms with E-state index in [-0.39, 0.29) is 0 Å². The van der Waals surface area contributed by atoms with Crippen LogP contribution in [0.2, 0.25) is 0 Å². The van der Waals surface area contributed by atoms with Gasteiger partial charge in [-0.1, -0.05) is 71.1 Å². The Hall–Kier alpha value is -1.08. The van der Waals surface area contributed by atoms with Gasteiger partial charge in [-0.3, -0.25) is 0 Å². The van der Waals surface area contributed by atoms with Gasteiger partial charge in [0.05, 0.1) is 13.2 Å². The van der Waals surface area contributed by atoms with E-state index in [2.05, 4.69) is 11.7 Å². The van der Waals surface area contributed by atoms with Crippen molar-refractivity contribution < 1.29 is 9.53 Å². The summed E-state index contributed by atoms with van der Waals surface area (Å²) >= 11 is 0. The van der Waals surface area contributed by atoms with Crippen LogP contribution >= 0.6 is 0 Å². The summed E-state index contributed by atoms with van der Waals surface area (Å²) in [6, 6.07) is 1.87. The normalized spacial score (nSPS) is 13.4. The van der Waals surface area contributed by atoms with E-state index in [0.717, 1.165) is 19.3 Å². The molecule has 21 heavy (non-hydrogen) atoms. The van der Waals surface area contributed by atoms with Gasteiger partial charge in [0.1, 0.15) is 0 Å². The summed E-state index contributed by atoms with van der Waals surface area (Å²) in [4.78, 5) is 11.4. The van der Waals surface area contributed by atoms with Gasteiger partial charge in [-0.25, -0.2) is 4.79 Å². The van der Waals surface area contributed by atoms with Crippen molar-refractivity contribution in [3.63, 3.8) is 0 Å². The van der Waals surface area contributed by atoms with Crippen molar-refractivity contribution in [1.82, 2.24) is 0 Å². The quantitative estimate of drug-likeness (QED) is 0.410. The lowest BCUT2D eigenvalue weighted by Crippen LogP contribution is -2.47. The van der Waals surface area contributed by atoms with Gasteiger partial charge in [0, 0.05) is 0 Å². The molecule has 0 spiro atoms. The Kier molecular flexibility index (Phi) is 12.0. The van der Waals surface area contributed by atoms with Crippen molar-refractivity contribution in [3.05, 3.63) is 0 Å². The van der Waals surface area contributed by atoms with Gasteiger partial charge in [-0.2, -0.15) is 5.26 Å². The first-order valence-electron chi connectivity index (χ1n) is 8.39. The summed E-state index contributed by atoms with van der Waals surface area (Å²) in [5.41, 5.74) is 4.27. The molecule has 1 atom stereocenters. The number of nitrogens with zero attached hydrogens (tertiary/aromatic N) is 1. The zero-order chi connectivity index (χ0) is 16.0. The Morgan fingerprint density at radius 3 is 1.81 bits per heavy atom. The van der Waals surface area contributed by atoms with Gasteiger partial charge in [-0.15, -0.1) is 0 Å². The molecule has 0 aromatic rings. The lowest BCUT2D eigenvalue weighted by molar-refractivity contribution is -0.145. The topological polar surface area (TPSA) is 76.1 Å². The molecule has 1 unspecified atom stereocenters. The van der Waals surface area contributed by atoms with E-state index < -0.39 is 11.5 Å².